The van der Waals surface area contributed by atoms with E-state index in [1.54, 1.807) is 24.3 Å². The minimum Gasteiger partial charge on any atom is -0.497 e. The molecule has 1 unspecified atom stereocenters. The lowest BCUT2D eigenvalue weighted by atomic mass is 10.1. The Labute approximate surface area is 180 Å². The summed E-state index contributed by atoms with van der Waals surface area (Å²) in [5.74, 6) is -0.931. The quantitative estimate of drug-likeness (QED) is 0.411. The molecule has 2 aromatic carbocycles. The fraction of sp³-hybridized carbons (Fsp3) is 0.238. The van der Waals surface area contributed by atoms with Gasteiger partial charge in [0.25, 0.3) is 11.8 Å². The predicted octanol–water partition coefficient (Wildman–Crippen LogP) is 1.68. The summed E-state index contributed by atoms with van der Waals surface area (Å²) in [6, 6.07) is 11.1. The molecule has 0 radical (unpaired) electrons. The number of anilines is 1. The highest BCUT2D eigenvalue weighted by molar-refractivity contribution is 7.89. The first-order valence-electron chi connectivity index (χ1n) is 9.35. The summed E-state index contributed by atoms with van der Waals surface area (Å²) in [4.78, 5) is 26.6. The van der Waals surface area contributed by atoms with Crippen LogP contribution in [0.15, 0.2) is 65.6 Å². The van der Waals surface area contributed by atoms with Crippen LogP contribution in [0.25, 0.3) is 0 Å². The monoisotopic (exact) mass is 445 g/mol. The number of rotatable bonds is 5. The molecule has 0 aliphatic carbocycles. The molecule has 0 spiro atoms. The van der Waals surface area contributed by atoms with Crippen LogP contribution >= 0.6 is 0 Å². The third-order valence-electron chi connectivity index (χ3n) is 5.00. The minimum absolute atomic E-state index is 0.0544. The summed E-state index contributed by atoms with van der Waals surface area (Å²) in [5, 5.41) is 9.29. The van der Waals surface area contributed by atoms with E-state index in [0.717, 1.165) is 4.31 Å². The Hall–Kier alpha value is -3.21. The van der Waals surface area contributed by atoms with Gasteiger partial charge in [0, 0.05) is 17.8 Å². The molecule has 2 N–H and O–H groups in total. The molecule has 1 aliphatic rings. The number of para-hydroxylation sites is 1. The van der Waals surface area contributed by atoms with Crippen LogP contribution in [-0.2, 0) is 26.2 Å². The molecule has 2 aromatic rings. The van der Waals surface area contributed by atoms with Crippen molar-refractivity contribution in [2.24, 2.45) is 0 Å². The number of fused-ring (bicyclic) bond motifs is 1. The topological polar surface area (TPSA) is 116 Å². The van der Waals surface area contributed by atoms with Crippen LogP contribution in [0.3, 0.4) is 0 Å². The van der Waals surface area contributed by atoms with Crippen molar-refractivity contribution in [2.45, 2.75) is 24.4 Å². The number of amides is 2. The maximum atomic E-state index is 13.5. The number of hydrogen-bond donors (Lipinski definition) is 2. The Morgan fingerprint density at radius 3 is 2.39 bits per heavy atom. The van der Waals surface area contributed by atoms with Crippen LogP contribution in [0.4, 0.5) is 5.69 Å². The summed E-state index contributed by atoms with van der Waals surface area (Å²) >= 11 is 0. The van der Waals surface area contributed by atoms with E-state index in [4.69, 9.17) is 4.74 Å². The molecule has 3 rings (SSSR count). The number of hydrogen-bond acceptors (Lipinski definition) is 6. The van der Waals surface area contributed by atoms with E-state index >= 15 is 0 Å². The van der Waals surface area contributed by atoms with Crippen molar-refractivity contribution in [3.8, 4) is 5.75 Å². The molecule has 2 amide bonds. The lowest BCUT2D eigenvalue weighted by Crippen LogP contribution is -2.53. The molecule has 0 saturated heterocycles. The van der Waals surface area contributed by atoms with Gasteiger partial charge in [-0.1, -0.05) is 24.8 Å². The molecular formula is C21H23N3O6S. The first kappa shape index (κ1) is 22.5. The number of carbonyl (C=O) groups excluding carboxylic acids is 2. The summed E-state index contributed by atoms with van der Waals surface area (Å²) < 4.78 is 33.0. The van der Waals surface area contributed by atoms with Gasteiger partial charge in [0.05, 0.1) is 18.6 Å². The van der Waals surface area contributed by atoms with Gasteiger partial charge >= 0.3 is 0 Å². The molecule has 0 aromatic heterocycles. The average molecular weight is 445 g/mol. The van der Waals surface area contributed by atoms with Gasteiger partial charge in [-0.3, -0.25) is 14.8 Å². The number of sulfonamides is 1. The van der Waals surface area contributed by atoms with Crippen LogP contribution < -0.4 is 15.1 Å². The number of nitrogens with one attached hydrogen (secondary N) is 1. The molecule has 164 valence electrons. The van der Waals surface area contributed by atoms with Crippen molar-refractivity contribution >= 4 is 27.5 Å². The van der Waals surface area contributed by atoms with Gasteiger partial charge in [0.2, 0.25) is 10.0 Å². The van der Waals surface area contributed by atoms with Crippen molar-refractivity contribution in [2.75, 3.05) is 18.6 Å². The zero-order valence-corrected chi connectivity index (χ0v) is 17.9. The Balaban J connectivity index is 2.15. The molecule has 0 bridgehead atoms. The second-order valence-electron chi connectivity index (χ2n) is 7.04. The van der Waals surface area contributed by atoms with Gasteiger partial charge in [-0.2, -0.15) is 4.31 Å². The lowest BCUT2D eigenvalue weighted by molar-refractivity contribution is -0.133. The van der Waals surface area contributed by atoms with Gasteiger partial charge in [-0.15, -0.1) is 0 Å². The number of nitrogens with zero attached hydrogens (tertiary/aromatic N) is 2. The van der Waals surface area contributed by atoms with Crippen molar-refractivity contribution in [3.63, 3.8) is 0 Å². The van der Waals surface area contributed by atoms with Crippen molar-refractivity contribution in [3.05, 3.63) is 66.2 Å². The Bertz CT molecular complexity index is 1110. The van der Waals surface area contributed by atoms with Crippen molar-refractivity contribution in [1.82, 2.24) is 9.79 Å². The molecule has 1 aliphatic heterocycles. The van der Waals surface area contributed by atoms with Gasteiger partial charge in [-0.25, -0.2) is 13.9 Å². The first-order chi connectivity index (χ1) is 14.7. The smallest absolute Gasteiger partial charge is 0.263 e. The third kappa shape index (κ3) is 4.31. The van der Waals surface area contributed by atoms with Crippen LogP contribution in [0.1, 0.15) is 12.5 Å². The van der Waals surface area contributed by atoms with Crippen LogP contribution in [-0.4, -0.2) is 49.4 Å². The zero-order valence-electron chi connectivity index (χ0n) is 17.1. The Morgan fingerprint density at radius 1 is 1.16 bits per heavy atom. The number of benzene rings is 2. The summed E-state index contributed by atoms with van der Waals surface area (Å²) in [6.07, 6.45) is 0. The van der Waals surface area contributed by atoms with Gasteiger partial charge < -0.3 is 9.64 Å². The van der Waals surface area contributed by atoms with Gasteiger partial charge in [0.1, 0.15) is 11.8 Å². The second kappa shape index (κ2) is 8.88. The molecule has 9 nitrogen and oxygen atoms in total. The molecule has 1 atom stereocenters. The van der Waals surface area contributed by atoms with Gasteiger partial charge in [-0.05, 0) is 42.8 Å². The van der Waals surface area contributed by atoms with Crippen LogP contribution in [0, 0.1) is 0 Å². The summed E-state index contributed by atoms with van der Waals surface area (Å²) in [7, 11) is -2.72. The number of hydroxylamine groups is 1. The lowest BCUT2D eigenvalue weighted by Gasteiger charge is -2.29. The third-order valence-corrected chi connectivity index (χ3v) is 6.87. The summed E-state index contributed by atoms with van der Waals surface area (Å²) in [5.41, 5.74) is 2.75. The normalized spacial score (nSPS) is 16.7. The highest BCUT2D eigenvalue weighted by Gasteiger charge is 2.41. The summed E-state index contributed by atoms with van der Waals surface area (Å²) in [6.45, 7) is 4.72. The maximum absolute atomic E-state index is 13.5. The first-order valence-corrected chi connectivity index (χ1v) is 10.8. The molecule has 0 fully saturated rings. The SMILES string of the molecule is C=C(C)C(=O)N1CC(C(=O)NO)N(S(=O)(=O)c2ccc(OC)cc2)Cc2ccccc21. The standard InChI is InChI=1S/C21H23N3O6S/c1-14(2)21(26)23-13-19(20(25)22-27)24(12-15-6-4-5-7-18(15)23)31(28,29)17-10-8-16(30-3)9-11-17/h4-11,19,27H,1,12-13H2,2-3H3,(H,22,25). The van der Waals surface area contributed by atoms with E-state index in [0.29, 0.717) is 17.0 Å². The van der Waals surface area contributed by atoms with E-state index < -0.39 is 27.9 Å². The fourth-order valence-electron chi connectivity index (χ4n) is 3.39. The van der Waals surface area contributed by atoms with Crippen molar-refractivity contribution in [1.29, 1.82) is 0 Å². The Morgan fingerprint density at radius 2 is 1.81 bits per heavy atom. The number of methoxy groups -OCH3 is 1. The average Bonchev–Trinajstić information content (AvgIpc) is 2.95. The van der Waals surface area contributed by atoms with E-state index in [2.05, 4.69) is 6.58 Å². The highest BCUT2D eigenvalue weighted by atomic mass is 32.2. The second-order valence-corrected chi connectivity index (χ2v) is 8.93. The molecule has 0 saturated carbocycles. The zero-order chi connectivity index (χ0) is 22.8. The molecule has 10 heteroatoms. The predicted molar refractivity (Wildman–Crippen MR) is 113 cm³/mol. The molecular weight excluding hydrogens is 422 g/mol. The molecule has 31 heavy (non-hydrogen) atoms. The van der Waals surface area contributed by atoms with Crippen molar-refractivity contribution < 1.29 is 28.0 Å². The van der Waals surface area contributed by atoms with E-state index in [1.807, 2.05) is 0 Å². The van der Waals surface area contributed by atoms with E-state index in [1.165, 1.54) is 48.7 Å². The number of carbonyl (C=O) groups is 2. The molecule has 1 heterocycles. The number of ether oxygens (including phenoxy) is 1. The maximum Gasteiger partial charge on any atom is 0.263 e. The fourth-order valence-corrected chi connectivity index (χ4v) is 4.95. The highest BCUT2D eigenvalue weighted by Crippen LogP contribution is 2.32. The Kier molecular flexibility index (Phi) is 6.44. The van der Waals surface area contributed by atoms with E-state index in [-0.39, 0.29) is 23.6 Å². The van der Waals surface area contributed by atoms with Gasteiger partial charge in [0.15, 0.2) is 0 Å². The van der Waals surface area contributed by atoms with Crippen LogP contribution in [0.5, 0.6) is 5.75 Å². The van der Waals surface area contributed by atoms with E-state index in [9.17, 15) is 23.2 Å². The minimum atomic E-state index is -4.18. The largest absolute Gasteiger partial charge is 0.497 e. The van der Waals surface area contributed by atoms with Crippen LogP contribution in [0.2, 0.25) is 0 Å².